The van der Waals surface area contributed by atoms with Crippen LogP contribution >= 0.6 is 11.3 Å². The second-order valence-corrected chi connectivity index (χ2v) is 7.65. The molecule has 5 aromatic rings. The number of aromatic nitrogens is 1. The maximum atomic E-state index is 2.40. The summed E-state index contributed by atoms with van der Waals surface area (Å²) in [6.45, 7) is 2.25. The zero-order chi connectivity index (χ0) is 16.3. The number of hydrogen-bond acceptors (Lipinski definition) is 1. The van der Waals surface area contributed by atoms with Crippen LogP contribution in [-0.4, -0.2) is 4.57 Å². The summed E-state index contributed by atoms with van der Waals surface area (Å²) in [5, 5.41) is 5.58. The highest BCUT2D eigenvalue weighted by molar-refractivity contribution is 7.26. The van der Waals surface area contributed by atoms with Gasteiger partial charge in [-0.1, -0.05) is 43.7 Å². The van der Waals surface area contributed by atoms with Crippen LogP contribution < -0.4 is 0 Å². The molecule has 0 spiro atoms. The van der Waals surface area contributed by atoms with Crippen molar-refractivity contribution in [2.75, 3.05) is 0 Å². The molecule has 0 saturated carbocycles. The van der Waals surface area contributed by atoms with Gasteiger partial charge in [0.25, 0.3) is 0 Å². The van der Waals surface area contributed by atoms with Gasteiger partial charge in [-0.3, -0.25) is 0 Å². The normalized spacial score (nSPS) is 12.1. The molecule has 0 amide bonds. The lowest BCUT2D eigenvalue weighted by Crippen LogP contribution is -1.85. The predicted octanol–water partition coefficient (Wildman–Crippen LogP) is 6.65. The zero-order valence-electron chi connectivity index (χ0n) is 14.0. The van der Waals surface area contributed by atoms with Crippen molar-refractivity contribution in [3.8, 4) is 0 Å². The molecule has 3 aromatic carbocycles. The van der Waals surface area contributed by atoms with E-state index in [0.717, 1.165) is 6.42 Å². The molecule has 118 valence electrons. The van der Waals surface area contributed by atoms with E-state index >= 15 is 0 Å². The van der Waals surface area contributed by atoms with Gasteiger partial charge in [0.1, 0.15) is 0 Å². The number of aryl methyl sites for hydroxylation is 2. The van der Waals surface area contributed by atoms with Crippen molar-refractivity contribution in [1.29, 1.82) is 0 Å². The van der Waals surface area contributed by atoms with Crippen LogP contribution in [0.5, 0.6) is 0 Å². The van der Waals surface area contributed by atoms with E-state index in [1.165, 1.54) is 54.0 Å². The molecule has 0 aliphatic heterocycles. The zero-order valence-corrected chi connectivity index (χ0v) is 14.8. The molecule has 0 atom stereocenters. The Morgan fingerprint density at radius 3 is 2.62 bits per heavy atom. The third-order valence-corrected chi connectivity index (χ3v) is 6.32. The largest absolute Gasteiger partial charge is 0.344 e. The van der Waals surface area contributed by atoms with Gasteiger partial charge in [0, 0.05) is 43.5 Å². The van der Waals surface area contributed by atoms with Crippen LogP contribution in [0.15, 0.2) is 54.6 Å². The van der Waals surface area contributed by atoms with Gasteiger partial charge in [-0.15, -0.1) is 11.3 Å². The van der Waals surface area contributed by atoms with Crippen LogP contribution in [0.25, 0.3) is 42.0 Å². The number of nitrogens with zero attached hydrogens (tertiary/aromatic N) is 1. The molecule has 0 saturated heterocycles. The number of benzene rings is 3. The van der Waals surface area contributed by atoms with E-state index in [2.05, 4.69) is 73.1 Å². The standard InChI is InChI=1S/C22H19NS/c1-3-6-14-9-12-20-17(13-14)15-10-11-19-21(22(15)24-20)16-7-4-5-8-18(16)23(19)2/h4-5,7-13H,3,6H2,1-2H3. The SMILES string of the molecule is CCCc1ccc2sc3c(ccc4c3c3ccccc3n4C)c2c1. The first-order chi connectivity index (χ1) is 11.8. The van der Waals surface area contributed by atoms with Crippen LogP contribution in [0.2, 0.25) is 0 Å². The summed E-state index contributed by atoms with van der Waals surface area (Å²) in [5.74, 6) is 0. The molecule has 5 rings (SSSR count). The van der Waals surface area contributed by atoms with Gasteiger partial charge in [0.05, 0.1) is 5.52 Å². The number of para-hydroxylation sites is 1. The van der Waals surface area contributed by atoms with Crippen LogP contribution in [0.3, 0.4) is 0 Å². The quantitative estimate of drug-likeness (QED) is 0.341. The highest BCUT2D eigenvalue weighted by Crippen LogP contribution is 2.42. The lowest BCUT2D eigenvalue weighted by molar-refractivity contribution is 0.924. The van der Waals surface area contributed by atoms with Crippen LogP contribution in [-0.2, 0) is 13.5 Å². The monoisotopic (exact) mass is 329 g/mol. The third-order valence-electron chi connectivity index (χ3n) is 5.12. The van der Waals surface area contributed by atoms with E-state index in [1.807, 2.05) is 11.3 Å². The summed E-state index contributed by atoms with van der Waals surface area (Å²) < 4.78 is 5.13. The molecule has 2 heterocycles. The summed E-state index contributed by atoms with van der Waals surface area (Å²) in [7, 11) is 2.17. The van der Waals surface area contributed by atoms with E-state index in [9.17, 15) is 0 Å². The molecule has 2 aromatic heterocycles. The van der Waals surface area contributed by atoms with Gasteiger partial charge in [-0.25, -0.2) is 0 Å². The lowest BCUT2D eigenvalue weighted by atomic mass is 10.0. The maximum absolute atomic E-state index is 2.40. The van der Waals surface area contributed by atoms with Crippen molar-refractivity contribution >= 4 is 53.3 Å². The third kappa shape index (κ3) is 1.81. The molecule has 2 heteroatoms. The fraction of sp³-hybridized carbons (Fsp3) is 0.182. The Morgan fingerprint density at radius 1 is 0.875 bits per heavy atom. The number of hydrogen-bond donors (Lipinski definition) is 0. The molecule has 24 heavy (non-hydrogen) atoms. The molecule has 0 N–H and O–H groups in total. The highest BCUT2D eigenvalue weighted by Gasteiger charge is 2.14. The Hall–Kier alpha value is -2.32. The second kappa shape index (κ2) is 5.09. The van der Waals surface area contributed by atoms with E-state index < -0.39 is 0 Å². The van der Waals surface area contributed by atoms with E-state index in [1.54, 1.807) is 0 Å². The van der Waals surface area contributed by atoms with Crippen LogP contribution in [0.1, 0.15) is 18.9 Å². The number of fused-ring (bicyclic) bond motifs is 7. The summed E-state index contributed by atoms with van der Waals surface area (Å²) in [6, 6.07) is 20.3. The van der Waals surface area contributed by atoms with Crippen molar-refractivity contribution < 1.29 is 0 Å². The fourth-order valence-electron chi connectivity index (χ4n) is 3.97. The Bertz CT molecular complexity index is 1220. The number of thiophene rings is 1. The second-order valence-electron chi connectivity index (χ2n) is 6.60. The minimum Gasteiger partial charge on any atom is -0.344 e. The van der Waals surface area contributed by atoms with Gasteiger partial charge in [0.15, 0.2) is 0 Å². The Balaban J connectivity index is 1.97. The summed E-state index contributed by atoms with van der Waals surface area (Å²) in [6.07, 6.45) is 2.35. The lowest BCUT2D eigenvalue weighted by Gasteiger charge is -2.00. The molecular weight excluding hydrogens is 310 g/mol. The Kier molecular flexibility index (Phi) is 2.98. The molecule has 1 nitrogen and oxygen atoms in total. The highest BCUT2D eigenvalue weighted by atomic mass is 32.1. The molecular formula is C22H19NS. The molecule has 0 aliphatic rings. The van der Waals surface area contributed by atoms with Gasteiger partial charge >= 0.3 is 0 Å². The first-order valence-corrected chi connectivity index (χ1v) is 9.41. The maximum Gasteiger partial charge on any atom is 0.0503 e. The predicted molar refractivity (Wildman–Crippen MR) is 107 cm³/mol. The summed E-state index contributed by atoms with van der Waals surface area (Å²) >= 11 is 1.93. The van der Waals surface area contributed by atoms with Crippen molar-refractivity contribution in [2.24, 2.45) is 7.05 Å². The molecule has 0 radical (unpaired) electrons. The van der Waals surface area contributed by atoms with Crippen molar-refractivity contribution in [3.63, 3.8) is 0 Å². The number of rotatable bonds is 2. The van der Waals surface area contributed by atoms with E-state index in [-0.39, 0.29) is 0 Å². The average molecular weight is 329 g/mol. The van der Waals surface area contributed by atoms with Crippen LogP contribution in [0, 0.1) is 0 Å². The molecule has 0 unspecified atom stereocenters. The fourth-order valence-corrected chi connectivity index (χ4v) is 5.21. The first-order valence-electron chi connectivity index (χ1n) is 8.59. The molecule has 0 bridgehead atoms. The van der Waals surface area contributed by atoms with Crippen molar-refractivity contribution in [1.82, 2.24) is 4.57 Å². The smallest absolute Gasteiger partial charge is 0.0503 e. The molecule has 0 aliphatic carbocycles. The first kappa shape index (κ1) is 14.1. The van der Waals surface area contributed by atoms with Gasteiger partial charge in [-0.05, 0) is 36.2 Å². The van der Waals surface area contributed by atoms with Crippen molar-refractivity contribution in [3.05, 3.63) is 60.2 Å². The molecule has 0 fully saturated rings. The van der Waals surface area contributed by atoms with Crippen molar-refractivity contribution in [2.45, 2.75) is 19.8 Å². The van der Waals surface area contributed by atoms with Gasteiger partial charge < -0.3 is 4.57 Å². The van der Waals surface area contributed by atoms with Gasteiger partial charge in [0.2, 0.25) is 0 Å². The topological polar surface area (TPSA) is 4.93 Å². The Morgan fingerprint density at radius 2 is 1.75 bits per heavy atom. The average Bonchev–Trinajstić information content (AvgIpc) is 3.11. The van der Waals surface area contributed by atoms with E-state index in [0.29, 0.717) is 0 Å². The summed E-state index contributed by atoms with van der Waals surface area (Å²) in [5.41, 5.74) is 4.08. The van der Waals surface area contributed by atoms with Crippen LogP contribution in [0.4, 0.5) is 0 Å². The summed E-state index contributed by atoms with van der Waals surface area (Å²) in [4.78, 5) is 0. The minimum atomic E-state index is 1.16. The van der Waals surface area contributed by atoms with Gasteiger partial charge in [-0.2, -0.15) is 0 Å². The Labute approximate surface area is 145 Å². The minimum absolute atomic E-state index is 1.16. The van der Waals surface area contributed by atoms with E-state index in [4.69, 9.17) is 0 Å².